The fraction of sp³-hybridized carbons (Fsp3) is 0.211. The lowest BCUT2D eigenvalue weighted by Crippen LogP contribution is -2.18. The lowest BCUT2D eigenvalue weighted by atomic mass is 10.2. The number of nitrogens with zero attached hydrogens (tertiary/aromatic N) is 2. The minimum absolute atomic E-state index is 0.0981. The fourth-order valence-electron chi connectivity index (χ4n) is 2.86. The maximum Gasteiger partial charge on any atom is 0.218 e. The Morgan fingerprint density at radius 2 is 1.93 bits per heavy atom. The van der Waals surface area contributed by atoms with Gasteiger partial charge in [-0.05, 0) is 36.0 Å². The number of aromatic hydroxyl groups is 1. The summed E-state index contributed by atoms with van der Waals surface area (Å²) in [5.74, 6) is 1.92. The summed E-state index contributed by atoms with van der Waals surface area (Å²) in [4.78, 5) is 2.86. The van der Waals surface area contributed by atoms with Crippen LogP contribution in [0.5, 0.6) is 23.1 Å². The number of ether oxygens (including phenoxy) is 3. The van der Waals surface area contributed by atoms with E-state index in [9.17, 15) is 5.11 Å². The molecule has 0 spiro atoms. The summed E-state index contributed by atoms with van der Waals surface area (Å²) in [5.41, 5.74) is 1.99. The van der Waals surface area contributed by atoms with Crippen LogP contribution in [0.3, 0.4) is 0 Å². The number of methoxy groups -OCH3 is 1. The van der Waals surface area contributed by atoms with Gasteiger partial charge >= 0.3 is 0 Å². The molecule has 1 aliphatic rings. The Bertz CT molecular complexity index is 1050. The van der Waals surface area contributed by atoms with Gasteiger partial charge in [0.15, 0.2) is 17.2 Å². The molecule has 0 saturated carbocycles. The summed E-state index contributed by atoms with van der Waals surface area (Å²) in [7, 11) is 1.62. The minimum Gasteiger partial charge on any atom is -0.497 e. The quantitative estimate of drug-likeness (QED) is 0.456. The fourth-order valence-corrected chi connectivity index (χ4v) is 2.97. The first-order valence-corrected chi connectivity index (χ1v) is 9.01. The van der Waals surface area contributed by atoms with E-state index in [1.54, 1.807) is 19.2 Å². The van der Waals surface area contributed by atoms with E-state index in [1.807, 2.05) is 24.3 Å². The van der Waals surface area contributed by atoms with E-state index in [0.29, 0.717) is 47.8 Å². The molecule has 1 aliphatic heterocycles. The molecule has 8 nitrogen and oxygen atoms in total. The van der Waals surface area contributed by atoms with Crippen LogP contribution in [0, 0.1) is 0 Å². The van der Waals surface area contributed by atoms with Gasteiger partial charge in [0.25, 0.3) is 0 Å². The molecule has 0 radical (unpaired) electrons. The van der Waals surface area contributed by atoms with Crippen molar-refractivity contribution in [2.45, 2.75) is 6.54 Å². The Balaban J connectivity index is 1.48. The molecule has 2 aromatic carbocycles. The summed E-state index contributed by atoms with van der Waals surface area (Å²) in [5, 5.41) is 22.2. The van der Waals surface area contributed by atoms with Crippen molar-refractivity contribution in [3.05, 3.63) is 42.0 Å². The third-order valence-electron chi connectivity index (χ3n) is 4.26. The normalized spacial score (nSPS) is 13.0. The predicted octanol–water partition coefficient (Wildman–Crippen LogP) is 3.81. The molecule has 0 fully saturated rings. The highest BCUT2D eigenvalue weighted by molar-refractivity contribution is 7.80. The molecule has 2 heterocycles. The second-order valence-electron chi connectivity index (χ2n) is 6.07. The van der Waals surface area contributed by atoms with Crippen molar-refractivity contribution >= 4 is 33.9 Å². The average molecular weight is 398 g/mol. The van der Waals surface area contributed by atoms with E-state index in [0.717, 1.165) is 11.3 Å². The SMILES string of the molecule is COc1ccc(CNC(=S)N=Nc2c(O)[nH]c3cc4c(cc23)OCCO4)cc1. The van der Waals surface area contributed by atoms with Crippen LogP contribution in [-0.2, 0) is 6.54 Å². The van der Waals surface area contributed by atoms with E-state index in [4.69, 9.17) is 26.4 Å². The van der Waals surface area contributed by atoms with Crippen molar-refractivity contribution in [3.63, 3.8) is 0 Å². The number of fused-ring (bicyclic) bond motifs is 2. The van der Waals surface area contributed by atoms with Crippen molar-refractivity contribution in [3.8, 4) is 23.1 Å². The predicted molar refractivity (Wildman–Crippen MR) is 108 cm³/mol. The van der Waals surface area contributed by atoms with Gasteiger partial charge in [0, 0.05) is 18.0 Å². The van der Waals surface area contributed by atoms with Crippen LogP contribution in [0.2, 0.25) is 0 Å². The zero-order chi connectivity index (χ0) is 19.5. The van der Waals surface area contributed by atoms with Gasteiger partial charge in [-0.1, -0.05) is 12.1 Å². The van der Waals surface area contributed by atoms with Crippen LogP contribution >= 0.6 is 12.2 Å². The molecule has 0 aliphatic carbocycles. The molecule has 3 N–H and O–H groups in total. The van der Waals surface area contributed by atoms with Gasteiger partial charge in [-0.2, -0.15) is 0 Å². The number of aromatic amines is 1. The van der Waals surface area contributed by atoms with Gasteiger partial charge in [-0.25, -0.2) is 0 Å². The number of aromatic nitrogens is 1. The maximum atomic E-state index is 10.2. The van der Waals surface area contributed by atoms with Crippen LogP contribution in [0.4, 0.5) is 5.69 Å². The van der Waals surface area contributed by atoms with Crippen molar-refractivity contribution in [2.75, 3.05) is 20.3 Å². The molecular weight excluding hydrogens is 380 g/mol. The lowest BCUT2D eigenvalue weighted by Gasteiger charge is -2.18. The topological polar surface area (TPSA) is 100 Å². The molecule has 0 saturated heterocycles. The molecule has 3 aromatic rings. The monoisotopic (exact) mass is 398 g/mol. The van der Waals surface area contributed by atoms with E-state index < -0.39 is 0 Å². The van der Waals surface area contributed by atoms with Gasteiger partial charge in [-0.3, -0.25) is 0 Å². The Hall–Kier alpha value is -3.33. The minimum atomic E-state index is -0.0981. The average Bonchev–Trinajstić information content (AvgIpc) is 3.03. The highest BCUT2D eigenvalue weighted by Gasteiger charge is 2.18. The number of thiocarbonyl (C=S) groups is 1. The largest absolute Gasteiger partial charge is 0.497 e. The molecular formula is C19H18N4O4S. The number of rotatable bonds is 4. The zero-order valence-electron chi connectivity index (χ0n) is 15.1. The number of azo groups is 1. The molecule has 1 aromatic heterocycles. The van der Waals surface area contributed by atoms with Crippen LogP contribution < -0.4 is 19.5 Å². The van der Waals surface area contributed by atoms with Gasteiger partial charge in [0.2, 0.25) is 11.0 Å². The highest BCUT2D eigenvalue weighted by atomic mass is 32.1. The first-order chi connectivity index (χ1) is 13.6. The van der Waals surface area contributed by atoms with Crippen molar-refractivity contribution in [1.29, 1.82) is 0 Å². The molecule has 0 atom stereocenters. The van der Waals surface area contributed by atoms with Crippen molar-refractivity contribution < 1.29 is 19.3 Å². The first-order valence-electron chi connectivity index (χ1n) is 8.61. The highest BCUT2D eigenvalue weighted by Crippen LogP contribution is 2.42. The van der Waals surface area contributed by atoms with E-state index >= 15 is 0 Å². The number of hydrogen-bond donors (Lipinski definition) is 3. The summed E-state index contributed by atoms with van der Waals surface area (Å²) >= 11 is 5.21. The van der Waals surface area contributed by atoms with Crippen LogP contribution in [0.1, 0.15) is 5.56 Å². The summed E-state index contributed by atoms with van der Waals surface area (Å²) in [6, 6.07) is 11.1. The molecule has 28 heavy (non-hydrogen) atoms. The summed E-state index contributed by atoms with van der Waals surface area (Å²) in [6.07, 6.45) is 0. The molecule has 4 rings (SSSR count). The molecule has 144 valence electrons. The van der Waals surface area contributed by atoms with Crippen LogP contribution in [0.25, 0.3) is 10.9 Å². The van der Waals surface area contributed by atoms with Gasteiger partial charge < -0.3 is 29.6 Å². The standard InChI is InChI=1S/C19H18N4O4S/c1-25-12-4-2-11(3-5-12)10-20-19(28)23-22-17-13-8-15-16(27-7-6-26-15)9-14(13)21-18(17)24/h2-5,8-9,21,24H,6-7,10H2,1H3,(H,20,28). The second kappa shape index (κ2) is 7.73. The van der Waals surface area contributed by atoms with E-state index in [2.05, 4.69) is 20.5 Å². The van der Waals surface area contributed by atoms with Crippen molar-refractivity contribution in [1.82, 2.24) is 10.3 Å². The molecule has 0 bridgehead atoms. The molecule has 0 unspecified atom stereocenters. The number of H-pyrrole nitrogens is 1. The number of hydrogen-bond acceptors (Lipinski definition) is 6. The second-order valence-corrected chi connectivity index (χ2v) is 6.46. The number of nitrogens with one attached hydrogen (secondary N) is 2. The first kappa shape index (κ1) is 18.1. The Kier molecular flexibility index (Phi) is 4.98. The maximum absolute atomic E-state index is 10.2. The molecule has 9 heteroatoms. The Labute approximate surface area is 166 Å². The lowest BCUT2D eigenvalue weighted by molar-refractivity contribution is 0.172. The zero-order valence-corrected chi connectivity index (χ0v) is 15.9. The van der Waals surface area contributed by atoms with Crippen LogP contribution in [0.15, 0.2) is 46.6 Å². The molecule has 0 amide bonds. The van der Waals surface area contributed by atoms with E-state index in [-0.39, 0.29) is 11.0 Å². The number of benzene rings is 2. The van der Waals surface area contributed by atoms with Crippen LogP contribution in [-0.4, -0.2) is 35.5 Å². The van der Waals surface area contributed by atoms with Gasteiger partial charge in [0.1, 0.15) is 19.0 Å². The summed E-state index contributed by atoms with van der Waals surface area (Å²) in [6.45, 7) is 1.47. The smallest absolute Gasteiger partial charge is 0.218 e. The van der Waals surface area contributed by atoms with Gasteiger partial charge in [-0.15, -0.1) is 10.2 Å². The summed E-state index contributed by atoms with van der Waals surface area (Å²) < 4.78 is 16.3. The van der Waals surface area contributed by atoms with Crippen molar-refractivity contribution in [2.24, 2.45) is 10.2 Å². The Morgan fingerprint density at radius 1 is 1.21 bits per heavy atom. The third-order valence-corrected chi connectivity index (χ3v) is 4.48. The Morgan fingerprint density at radius 3 is 2.64 bits per heavy atom. The van der Waals surface area contributed by atoms with Gasteiger partial charge in [0.05, 0.1) is 12.6 Å². The van der Waals surface area contributed by atoms with E-state index in [1.165, 1.54) is 0 Å². The third kappa shape index (κ3) is 3.70.